The molecule has 8 nitrogen and oxygen atoms in total. The lowest BCUT2D eigenvalue weighted by Gasteiger charge is -2.40. The molecule has 368 valence electrons. The Morgan fingerprint density at radius 1 is 0.515 bits per heavy atom. The first-order chi connectivity index (χ1) is 33.4. The van der Waals surface area contributed by atoms with Crippen LogP contribution in [0.4, 0.5) is 17.1 Å². The van der Waals surface area contributed by atoms with Crippen LogP contribution in [-0.4, -0.2) is 91.3 Å². The van der Waals surface area contributed by atoms with Crippen molar-refractivity contribution in [3.63, 3.8) is 0 Å². The van der Waals surface area contributed by atoms with Crippen LogP contribution in [-0.2, 0) is 4.79 Å². The summed E-state index contributed by atoms with van der Waals surface area (Å²) in [5.74, 6) is 1.83. The lowest BCUT2D eigenvalue weighted by Crippen LogP contribution is -2.43. The van der Waals surface area contributed by atoms with Gasteiger partial charge in [0.05, 0.1) is 30.4 Å². The molecule has 3 aromatic rings. The third-order valence-electron chi connectivity index (χ3n) is 15.1. The highest BCUT2D eigenvalue weighted by atomic mass is 16.5. The molecule has 0 aliphatic heterocycles. The Hall–Kier alpha value is -4.79. The summed E-state index contributed by atoms with van der Waals surface area (Å²) in [4.78, 5) is 23.9. The molecule has 0 unspecified atom stereocenters. The minimum Gasteiger partial charge on any atom is -0.506 e. The Bertz CT molecular complexity index is 2090. The Morgan fingerprint density at radius 3 is 1.43 bits per heavy atom. The number of carbonyl (C=O) groups excluding carboxylic acids is 1. The second-order valence-electron chi connectivity index (χ2n) is 19.6. The molecular weight excluding hydrogens is 841 g/mol. The van der Waals surface area contributed by atoms with Gasteiger partial charge in [-0.1, -0.05) is 128 Å². The summed E-state index contributed by atoms with van der Waals surface area (Å²) in [7, 11) is 0. The van der Waals surface area contributed by atoms with Gasteiger partial charge in [-0.25, -0.2) is 0 Å². The van der Waals surface area contributed by atoms with E-state index in [0.717, 1.165) is 99.1 Å². The van der Waals surface area contributed by atoms with Gasteiger partial charge in [-0.3, -0.25) is 4.79 Å². The summed E-state index contributed by atoms with van der Waals surface area (Å²) < 4.78 is 12.4. The molecular formula is C60H84N4O4. The fourth-order valence-electron chi connectivity index (χ4n) is 11.0. The quantitative estimate of drug-likeness (QED) is 0.0599. The van der Waals surface area contributed by atoms with Crippen LogP contribution in [0.15, 0.2) is 114 Å². The van der Waals surface area contributed by atoms with E-state index in [2.05, 4.69) is 120 Å². The van der Waals surface area contributed by atoms with Crippen molar-refractivity contribution in [1.29, 1.82) is 0 Å². The van der Waals surface area contributed by atoms with E-state index in [4.69, 9.17) is 9.47 Å². The van der Waals surface area contributed by atoms with Gasteiger partial charge in [0.2, 0.25) is 5.78 Å². The SMILES string of the molecule is CCN(CC)CCCCCCOc1ccc(N(c2ccc(C3=C(O)C(=C4C=CC(N(c5ccc(OCCCCCCN(CC)CC)cc5)C5CCCCC5)C=C4)C3=O)cc2)C2CCCCC2)cc1. The number of hydrogen-bond donors (Lipinski definition) is 1. The van der Waals surface area contributed by atoms with Crippen molar-refractivity contribution in [2.75, 3.05) is 62.3 Å². The largest absolute Gasteiger partial charge is 0.506 e. The first-order valence-corrected chi connectivity index (χ1v) is 27.1. The van der Waals surface area contributed by atoms with E-state index in [1.54, 1.807) is 0 Å². The Kier molecular flexibility index (Phi) is 20.1. The molecule has 2 fully saturated rings. The zero-order chi connectivity index (χ0) is 47.5. The van der Waals surface area contributed by atoms with Crippen LogP contribution in [0.1, 0.15) is 149 Å². The molecule has 0 amide bonds. The Morgan fingerprint density at radius 2 is 0.956 bits per heavy atom. The summed E-state index contributed by atoms with van der Waals surface area (Å²) in [6.07, 6.45) is 30.2. The van der Waals surface area contributed by atoms with Crippen LogP contribution in [0, 0.1) is 0 Å². The maximum atomic E-state index is 13.9. The number of aliphatic hydroxyl groups excluding tert-OH is 1. The second kappa shape index (κ2) is 26.8. The van der Waals surface area contributed by atoms with Crippen molar-refractivity contribution >= 4 is 28.4 Å². The van der Waals surface area contributed by atoms with Crippen molar-refractivity contribution in [3.05, 3.63) is 120 Å². The van der Waals surface area contributed by atoms with E-state index in [9.17, 15) is 9.90 Å². The highest BCUT2D eigenvalue weighted by Gasteiger charge is 2.37. The van der Waals surface area contributed by atoms with Crippen molar-refractivity contribution in [1.82, 2.24) is 9.80 Å². The number of Topliss-reactive ketones (excluding diaryl/α,β-unsaturated/α-hetero) is 1. The number of rotatable bonds is 27. The molecule has 2 saturated carbocycles. The standard InChI is InChI=1S/C60H84N4O4/c1-5-61(6-2)43-19-9-11-21-45-67-55-39-35-53(36-40-55)63(49-23-15-13-16-24-49)51-31-27-47(28-32-51)57-59(65)58(60(57)66)48-29-33-52(34-30-48)64(50-25-17-14-18-26-50)54-37-41-56(42-38-54)68-46-22-12-10-20-44-62(7-3)8-4/h27-42,49-51,65H,5-26,43-46H2,1-4H3. The van der Waals surface area contributed by atoms with E-state index < -0.39 is 0 Å². The zero-order valence-corrected chi connectivity index (χ0v) is 42.3. The highest BCUT2D eigenvalue weighted by Crippen LogP contribution is 2.42. The predicted molar refractivity (Wildman–Crippen MR) is 285 cm³/mol. The molecule has 0 radical (unpaired) electrons. The van der Waals surface area contributed by atoms with E-state index >= 15 is 0 Å². The van der Waals surface area contributed by atoms with Gasteiger partial charge in [-0.2, -0.15) is 0 Å². The molecule has 8 heteroatoms. The molecule has 0 bridgehead atoms. The van der Waals surface area contributed by atoms with E-state index in [0.29, 0.717) is 23.2 Å². The number of allylic oxidation sites excluding steroid dienone is 5. The average Bonchev–Trinajstić information content (AvgIpc) is 3.38. The number of ketones is 1. The van der Waals surface area contributed by atoms with Gasteiger partial charge in [-0.15, -0.1) is 0 Å². The summed E-state index contributed by atoms with van der Waals surface area (Å²) in [5.41, 5.74) is 5.78. The molecule has 0 heterocycles. The van der Waals surface area contributed by atoms with Gasteiger partial charge >= 0.3 is 0 Å². The Labute approximate surface area is 410 Å². The smallest absolute Gasteiger partial charge is 0.201 e. The number of nitrogens with zero attached hydrogens (tertiary/aromatic N) is 4. The summed E-state index contributed by atoms with van der Waals surface area (Å²) in [6.45, 7) is 17.4. The van der Waals surface area contributed by atoms with Crippen LogP contribution in [0.5, 0.6) is 11.5 Å². The number of carbonyl (C=O) groups is 1. The first-order valence-electron chi connectivity index (χ1n) is 27.1. The maximum absolute atomic E-state index is 13.9. The minimum absolute atomic E-state index is 0.0531. The van der Waals surface area contributed by atoms with E-state index in [1.165, 1.54) is 109 Å². The fraction of sp³-hybridized carbons (Fsp3) is 0.550. The summed E-state index contributed by atoms with van der Waals surface area (Å²) in [6, 6.07) is 26.4. The van der Waals surface area contributed by atoms with Crippen LogP contribution in [0.25, 0.3) is 5.57 Å². The number of aliphatic hydroxyl groups is 1. The average molecular weight is 925 g/mol. The first kappa shape index (κ1) is 51.1. The van der Waals surface area contributed by atoms with Crippen LogP contribution in [0.2, 0.25) is 0 Å². The van der Waals surface area contributed by atoms with Crippen LogP contribution < -0.4 is 19.3 Å². The third kappa shape index (κ3) is 13.7. The molecule has 0 saturated heterocycles. The molecule has 7 rings (SSSR count). The number of hydrogen-bond acceptors (Lipinski definition) is 8. The van der Waals surface area contributed by atoms with Gasteiger partial charge in [0, 0.05) is 29.1 Å². The minimum atomic E-state index is -0.100. The highest BCUT2D eigenvalue weighted by molar-refractivity contribution is 6.39. The molecule has 4 aliphatic carbocycles. The van der Waals surface area contributed by atoms with Gasteiger partial charge in [-0.05, 0) is 162 Å². The summed E-state index contributed by atoms with van der Waals surface area (Å²) in [5, 5.41) is 11.5. The summed E-state index contributed by atoms with van der Waals surface area (Å²) >= 11 is 0. The molecule has 0 aromatic heterocycles. The second-order valence-corrected chi connectivity index (χ2v) is 19.6. The fourth-order valence-corrected chi connectivity index (χ4v) is 11.0. The van der Waals surface area contributed by atoms with Crippen LogP contribution in [0.3, 0.4) is 0 Å². The predicted octanol–water partition coefficient (Wildman–Crippen LogP) is 14.2. The maximum Gasteiger partial charge on any atom is 0.201 e. The van der Waals surface area contributed by atoms with Gasteiger partial charge < -0.3 is 34.2 Å². The Balaban J connectivity index is 0.964. The zero-order valence-electron chi connectivity index (χ0n) is 42.3. The van der Waals surface area contributed by atoms with Crippen molar-refractivity contribution in [3.8, 4) is 11.5 Å². The molecule has 4 aliphatic rings. The monoisotopic (exact) mass is 925 g/mol. The van der Waals surface area contributed by atoms with E-state index in [1.807, 2.05) is 24.3 Å². The topological polar surface area (TPSA) is 68.7 Å². The van der Waals surface area contributed by atoms with E-state index in [-0.39, 0.29) is 17.6 Å². The van der Waals surface area contributed by atoms with Gasteiger partial charge in [0.15, 0.2) is 0 Å². The van der Waals surface area contributed by atoms with Gasteiger partial charge in [0.25, 0.3) is 0 Å². The van der Waals surface area contributed by atoms with Gasteiger partial charge in [0.1, 0.15) is 17.3 Å². The number of benzene rings is 3. The van der Waals surface area contributed by atoms with Crippen LogP contribution >= 0.6 is 0 Å². The molecule has 0 spiro atoms. The van der Waals surface area contributed by atoms with Crippen molar-refractivity contribution < 1.29 is 19.4 Å². The third-order valence-corrected chi connectivity index (χ3v) is 15.1. The molecule has 68 heavy (non-hydrogen) atoms. The lowest BCUT2D eigenvalue weighted by molar-refractivity contribution is -0.111. The lowest BCUT2D eigenvalue weighted by atomic mass is 9.80. The van der Waals surface area contributed by atoms with Crippen molar-refractivity contribution in [2.24, 2.45) is 0 Å². The number of unbranched alkanes of at least 4 members (excludes halogenated alkanes) is 6. The normalized spacial score (nSPS) is 17.9. The molecule has 1 N–H and O–H groups in total. The van der Waals surface area contributed by atoms with Crippen molar-refractivity contribution in [2.45, 2.75) is 161 Å². The molecule has 3 aromatic carbocycles. The number of ether oxygens (including phenoxy) is 2. The number of anilines is 3. The molecule has 0 atom stereocenters.